The summed E-state index contributed by atoms with van der Waals surface area (Å²) in [4.78, 5) is 10.8. The van der Waals surface area contributed by atoms with E-state index in [1.807, 2.05) is 6.07 Å². The number of nitrogens with zero attached hydrogens (tertiary/aromatic N) is 2. The summed E-state index contributed by atoms with van der Waals surface area (Å²) in [6, 6.07) is 86.0. The molecule has 2 heteroatoms. The molecule has 9 aromatic carbocycles. The molecule has 0 saturated carbocycles. The molecule has 0 spiro atoms. The molecule has 10 aromatic rings. The first kappa shape index (κ1) is 36.4. The smallest absolute Gasteiger partial charge is 0.161 e. The molecule has 1 heterocycles. The maximum Gasteiger partial charge on any atom is 0.161 e. The zero-order valence-corrected chi connectivity index (χ0v) is 33.0. The zero-order chi connectivity index (χ0) is 40.1. The summed E-state index contributed by atoms with van der Waals surface area (Å²) in [7, 11) is 0. The number of hydrogen-bond donors (Lipinski definition) is 0. The summed E-state index contributed by atoms with van der Waals surface area (Å²) in [6.45, 7) is 0. The Bertz CT molecular complexity index is 3040. The molecular formula is C58H40N2. The fourth-order valence-electron chi connectivity index (χ4n) is 8.32. The van der Waals surface area contributed by atoms with E-state index < -0.39 is 0 Å². The van der Waals surface area contributed by atoms with Gasteiger partial charge in [-0.1, -0.05) is 224 Å². The van der Waals surface area contributed by atoms with E-state index in [4.69, 9.17) is 9.97 Å². The van der Waals surface area contributed by atoms with Crippen molar-refractivity contribution in [1.29, 1.82) is 0 Å². The molecule has 0 amide bonds. The third-order valence-electron chi connectivity index (χ3n) is 11.1. The molecule has 0 radical (unpaired) electrons. The van der Waals surface area contributed by atoms with Gasteiger partial charge in [0.15, 0.2) is 5.82 Å². The minimum absolute atomic E-state index is 0.667. The van der Waals surface area contributed by atoms with Crippen molar-refractivity contribution >= 4 is 0 Å². The lowest BCUT2D eigenvalue weighted by atomic mass is 9.78. The fourth-order valence-corrected chi connectivity index (χ4v) is 8.32. The lowest BCUT2D eigenvalue weighted by Gasteiger charge is -2.25. The normalized spacial score (nSPS) is 11.0. The lowest BCUT2D eigenvalue weighted by molar-refractivity contribution is 1.18. The molecule has 0 aliphatic carbocycles. The minimum Gasteiger partial charge on any atom is -0.228 e. The average Bonchev–Trinajstić information content (AvgIpc) is 3.35. The summed E-state index contributed by atoms with van der Waals surface area (Å²) >= 11 is 0. The van der Waals surface area contributed by atoms with Crippen LogP contribution in [0.3, 0.4) is 0 Å². The van der Waals surface area contributed by atoms with Gasteiger partial charge in [0.2, 0.25) is 0 Å². The quantitative estimate of drug-likeness (QED) is 0.146. The molecule has 2 nitrogen and oxygen atoms in total. The molecule has 10 rings (SSSR count). The average molecular weight is 765 g/mol. The first-order valence-corrected chi connectivity index (χ1v) is 20.4. The van der Waals surface area contributed by atoms with Gasteiger partial charge in [0.05, 0.1) is 11.4 Å². The maximum absolute atomic E-state index is 5.44. The van der Waals surface area contributed by atoms with Crippen molar-refractivity contribution in [1.82, 2.24) is 9.97 Å². The van der Waals surface area contributed by atoms with Gasteiger partial charge in [0.25, 0.3) is 0 Å². The molecule has 60 heavy (non-hydrogen) atoms. The van der Waals surface area contributed by atoms with E-state index in [1.165, 1.54) is 11.1 Å². The van der Waals surface area contributed by atoms with E-state index in [1.54, 1.807) is 0 Å². The molecule has 0 bridgehead atoms. The monoisotopic (exact) mass is 764 g/mol. The predicted molar refractivity (Wildman–Crippen MR) is 251 cm³/mol. The van der Waals surface area contributed by atoms with Gasteiger partial charge in [-0.3, -0.25) is 0 Å². The molecule has 0 fully saturated rings. The van der Waals surface area contributed by atoms with Gasteiger partial charge in [-0.15, -0.1) is 0 Å². The molecular weight excluding hydrogens is 725 g/mol. The van der Waals surface area contributed by atoms with E-state index in [0.29, 0.717) is 5.82 Å². The highest BCUT2D eigenvalue weighted by Gasteiger charge is 2.25. The molecule has 0 N–H and O–H groups in total. The molecule has 0 aliphatic heterocycles. The molecule has 0 atom stereocenters. The van der Waals surface area contributed by atoms with Crippen LogP contribution in [0.25, 0.3) is 101 Å². The Hall–Kier alpha value is -7.94. The van der Waals surface area contributed by atoms with Crippen molar-refractivity contribution in [3.63, 3.8) is 0 Å². The second-order valence-electron chi connectivity index (χ2n) is 14.9. The standard InChI is InChI=1S/C58H40N2/c1-7-22-41(23-8-1)47-34-21-35-48(38-47)54-40-53(43-26-11-3-12-27-43)59-58(60-54)50-37-20-19-36-49(50)52-39-51(42-24-9-2-10-25-42)55(44-28-13-4-14-29-44)57(46-32-17-6-18-33-46)56(52)45-30-15-5-16-31-45/h1-40H. The number of aromatic nitrogens is 2. The summed E-state index contributed by atoms with van der Waals surface area (Å²) in [5, 5.41) is 0. The van der Waals surface area contributed by atoms with Crippen LogP contribution in [0.15, 0.2) is 243 Å². The second-order valence-corrected chi connectivity index (χ2v) is 14.9. The number of hydrogen-bond acceptors (Lipinski definition) is 2. The Morgan fingerprint density at radius 3 is 1.13 bits per heavy atom. The molecule has 282 valence electrons. The fraction of sp³-hybridized carbons (Fsp3) is 0. The Morgan fingerprint density at radius 2 is 0.583 bits per heavy atom. The van der Waals surface area contributed by atoms with Crippen molar-refractivity contribution in [2.75, 3.05) is 0 Å². The lowest BCUT2D eigenvalue weighted by Crippen LogP contribution is -2.00. The Balaban J connectivity index is 1.28. The molecule has 1 aromatic heterocycles. The maximum atomic E-state index is 5.44. The van der Waals surface area contributed by atoms with Crippen molar-refractivity contribution in [2.24, 2.45) is 0 Å². The van der Waals surface area contributed by atoms with Gasteiger partial charge in [0.1, 0.15) is 0 Å². The van der Waals surface area contributed by atoms with Crippen LogP contribution in [0.5, 0.6) is 0 Å². The van der Waals surface area contributed by atoms with Crippen LogP contribution in [0, 0.1) is 0 Å². The van der Waals surface area contributed by atoms with Crippen LogP contribution >= 0.6 is 0 Å². The van der Waals surface area contributed by atoms with E-state index >= 15 is 0 Å². The highest BCUT2D eigenvalue weighted by molar-refractivity contribution is 6.08. The first-order chi connectivity index (χ1) is 29.8. The predicted octanol–water partition coefficient (Wildman–Crippen LogP) is 15.5. The van der Waals surface area contributed by atoms with E-state index in [0.717, 1.165) is 83.7 Å². The van der Waals surface area contributed by atoms with E-state index in [9.17, 15) is 0 Å². The van der Waals surface area contributed by atoms with Crippen molar-refractivity contribution in [3.8, 4) is 101 Å². The van der Waals surface area contributed by atoms with Gasteiger partial charge in [-0.2, -0.15) is 0 Å². The number of rotatable bonds is 9. The van der Waals surface area contributed by atoms with Gasteiger partial charge in [0, 0.05) is 16.7 Å². The number of benzene rings is 9. The zero-order valence-electron chi connectivity index (χ0n) is 33.0. The largest absolute Gasteiger partial charge is 0.228 e. The highest BCUT2D eigenvalue weighted by Crippen LogP contribution is 2.51. The first-order valence-electron chi connectivity index (χ1n) is 20.4. The highest BCUT2D eigenvalue weighted by atomic mass is 14.9. The molecule has 0 aliphatic rings. The van der Waals surface area contributed by atoms with Crippen LogP contribution in [-0.4, -0.2) is 9.97 Å². The summed E-state index contributed by atoms with van der Waals surface area (Å²) in [5.74, 6) is 0.667. The van der Waals surface area contributed by atoms with Crippen molar-refractivity contribution in [3.05, 3.63) is 243 Å². The van der Waals surface area contributed by atoms with Crippen LogP contribution in [0.2, 0.25) is 0 Å². The van der Waals surface area contributed by atoms with Crippen LogP contribution in [-0.2, 0) is 0 Å². The second kappa shape index (κ2) is 16.5. The third-order valence-corrected chi connectivity index (χ3v) is 11.1. The summed E-state index contributed by atoms with van der Waals surface area (Å²) < 4.78 is 0. The summed E-state index contributed by atoms with van der Waals surface area (Å²) in [6.07, 6.45) is 0. The topological polar surface area (TPSA) is 25.8 Å². The van der Waals surface area contributed by atoms with Crippen molar-refractivity contribution < 1.29 is 0 Å². The van der Waals surface area contributed by atoms with Gasteiger partial charge < -0.3 is 0 Å². The van der Waals surface area contributed by atoms with Crippen LogP contribution in [0.4, 0.5) is 0 Å². The van der Waals surface area contributed by atoms with E-state index in [2.05, 4.69) is 237 Å². The molecule has 0 saturated heterocycles. The van der Waals surface area contributed by atoms with Crippen LogP contribution < -0.4 is 0 Å². The van der Waals surface area contributed by atoms with Crippen LogP contribution in [0.1, 0.15) is 0 Å². The Kier molecular flexibility index (Phi) is 10.0. The third kappa shape index (κ3) is 7.23. The Labute approximate surface area is 351 Å². The SMILES string of the molecule is c1ccc(-c2cccc(-c3cc(-c4ccccc4)nc(-c4ccccc4-c4cc(-c5ccccc5)c(-c5ccccc5)c(-c5ccccc5)c4-c4ccccc4)n3)c2)cc1. The van der Waals surface area contributed by atoms with Gasteiger partial charge in [-0.25, -0.2) is 9.97 Å². The summed E-state index contributed by atoms with van der Waals surface area (Å²) in [5.41, 5.74) is 18.5. The van der Waals surface area contributed by atoms with E-state index in [-0.39, 0.29) is 0 Å². The van der Waals surface area contributed by atoms with Gasteiger partial charge in [-0.05, 0) is 85.0 Å². The van der Waals surface area contributed by atoms with Crippen molar-refractivity contribution in [2.45, 2.75) is 0 Å². The minimum atomic E-state index is 0.667. The van der Waals surface area contributed by atoms with Gasteiger partial charge >= 0.3 is 0 Å². The Morgan fingerprint density at radius 1 is 0.200 bits per heavy atom. The molecule has 0 unspecified atom stereocenters.